The number of rotatable bonds is 4. The SMILES string of the molecule is CCN1CCCCC1Cc1cc(N)c(OC)nn1. The molecular formula is C13H22N4O. The lowest BCUT2D eigenvalue weighted by atomic mass is 9.98. The van der Waals surface area contributed by atoms with Crippen LogP contribution in [0.5, 0.6) is 5.88 Å². The number of ether oxygens (including phenoxy) is 1. The van der Waals surface area contributed by atoms with E-state index in [1.165, 1.54) is 25.8 Å². The Morgan fingerprint density at radius 1 is 1.44 bits per heavy atom. The van der Waals surface area contributed by atoms with E-state index in [-0.39, 0.29) is 0 Å². The molecule has 0 bridgehead atoms. The molecule has 1 atom stereocenters. The van der Waals surface area contributed by atoms with Crippen LogP contribution in [0.2, 0.25) is 0 Å². The molecule has 0 aliphatic carbocycles. The summed E-state index contributed by atoms with van der Waals surface area (Å²) < 4.78 is 5.02. The third kappa shape index (κ3) is 2.90. The second-order valence-electron chi connectivity index (χ2n) is 4.78. The number of methoxy groups -OCH3 is 1. The number of piperidine rings is 1. The summed E-state index contributed by atoms with van der Waals surface area (Å²) in [5.74, 6) is 0.412. The van der Waals surface area contributed by atoms with Crippen molar-refractivity contribution in [1.29, 1.82) is 0 Å². The maximum absolute atomic E-state index is 5.86. The van der Waals surface area contributed by atoms with Gasteiger partial charge in [0.15, 0.2) is 0 Å². The molecule has 5 nitrogen and oxygen atoms in total. The molecule has 0 spiro atoms. The van der Waals surface area contributed by atoms with Crippen LogP contribution in [0.3, 0.4) is 0 Å². The number of aromatic nitrogens is 2. The molecule has 1 aromatic rings. The molecule has 1 saturated heterocycles. The van der Waals surface area contributed by atoms with Gasteiger partial charge >= 0.3 is 0 Å². The number of likely N-dealkylation sites (N-methyl/N-ethyl adjacent to an activating group) is 1. The van der Waals surface area contributed by atoms with Crippen molar-refractivity contribution >= 4 is 5.69 Å². The van der Waals surface area contributed by atoms with Gasteiger partial charge in [0.05, 0.1) is 18.5 Å². The Morgan fingerprint density at radius 2 is 2.28 bits per heavy atom. The molecule has 100 valence electrons. The van der Waals surface area contributed by atoms with Gasteiger partial charge in [-0.3, -0.25) is 0 Å². The molecule has 0 aromatic carbocycles. The van der Waals surface area contributed by atoms with Gasteiger partial charge in [0.25, 0.3) is 5.88 Å². The van der Waals surface area contributed by atoms with Gasteiger partial charge in [0.2, 0.25) is 0 Å². The molecule has 1 fully saturated rings. The first-order chi connectivity index (χ1) is 8.74. The Bertz CT molecular complexity index is 397. The highest BCUT2D eigenvalue weighted by molar-refractivity contribution is 5.47. The zero-order chi connectivity index (χ0) is 13.0. The standard InChI is InChI=1S/C13H22N4O/c1-3-17-7-5-4-6-11(17)8-10-9-12(14)13(18-2)16-15-10/h9,11H,3-8H2,1-2H3,(H2,14,15). The first-order valence-electron chi connectivity index (χ1n) is 6.64. The van der Waals surface area contributed by atoms with E-state index in [1.807, 2.05) is 6.07 Å². The van der Waals surface area contributed by atoms with E-state index in [9.17, 15) is 0 Å². The van der Waals surface area contributed by atoms with Gasteiger partial charge in [0.1, 0.15) is 0 Å². The van der Waals surface area contributed by atoms with Crippen LogP contribution in [0.4, 0.5) is 5.69 Å². The lowest BCUT2D eigenvalue weighted by Crippen LogP contribution is -2.40. The number of nitrogen functional groups attached to an aromatic ring is 1. The van der Waals surface area contributed by atoms with Crippen molar-refractivity contribution in [2.24, 2.45) is 0 Å². The van der Waals surface area contributed by atoms with Crippen LogP contribution < -0.4 is 10.5 Å². The molecule has 0 amide bonds. The maximum Gasteiger partial charge on any atom is 0.256 e. The van der Waals surface area contributed by atoms with Crippen LogP contribution >= 0.6 is 0 Å². The number of hydrogen-bond acceptors (Lipinski definition) is 5. The Labute approximate surface area is 108 Å². The summed E-state index contributed by atoms with van der Waals surface area (Å²) in [5, 5.41) is 8.19. The van der Waals surface area contributed by atoms with Gasteiger partial charge in [-0.15, -0.1) is 5.10 Å². The molecule has 5 heteroatoms. The predicted octanol–water partition coefficient (Wildman–Crippen LogP) is 1.48. The van der Waals surface area contributed by atoms with Crippen LogP contribution in [0.15, 0.2) is 6.07 Å². The normalized spacial score (nSPS) is 20.9. The maximum atomic E-state index is 5.86. The summed E-state index contributed by atoms with van der Waals surface area (Å²) in [7, 11) is 1.56. The summed E-state index contributed by atoms with van der Waals surface area (Å²) in [4.78, 5) is 2.52. The number of anilines is 1. The fourth-order valence-electron chi connectivity index (χ4n) is 2.64. The minimum Gasteiger partial charge on any atom is -0.478 e. The van der Waals surface area contributed by atoms with Crippen molar-refractivity contribution in [2.75, 3.05) is 25.9 Å². The monoisotopic (exact) mass is 250 g/mol. The molecule has 1 aliphatic heterocycles. The summed E-state index contributed by atoms with van der Waals surface area (Å²) in [6, 6.07) is 2.46. The fourth-order valence-corrected chi connectivity index (χ4v) is 2.64. The smallest absolute Gasteiger partial charge is 0.256 e. The Morgan fingerprint density at radius 3 is 2.94 bits per heavy atom. The summed E-state index contributed by atoms with van der Waals surface area (Å²) in [5.41, 5.74) is 7.39. The molecule has 1 aliphatic rings. The summed E-state index contributed by atoms with van der Waals surface area (Å²) in [6.07, 6.45) is 4.78. The van der Waals surface area contributed by atoms with Crippen molar-refractivity contribution in [2.45, 2.75) is 38.6 Å². The minimum atomic E-state index is 0.412. The number of nitrogens with zero attached hydrogens (tertiary/aromatic N) is 3. The quantitative estimate of drug-likeness (QED) is 0.877. The molecule has 1 aromatic heterocycles. The molecule has 2 heterocycles. The second kappa shape index (κ2) is 6.00. The average molecular weight is 250 g/mol. The third-order valence-electron chi connectivity index (χ3n) is 3.63. The molecule has 0 radical (unpaired) electrons. The molecule has 2 rings (SSSR count). The summed E-state index contributed by atoms with van der Waals surface area (Å²) in [6.45, 7) is 4.51. The van der Waals surface area contributed by atoms with Gasteiger partial charge in [-0.25, -0.2) is 0 Å². The van der Waals surface area contributed by atoms with Gasteiger partial charge in [-0.2, -0.15) is 5.10 Å². The van der Waals surface area contributed by atoms with Crippen LogP contribution in [-0.2, 0) is 6.42 Å². The van der Waals surface area contributed by atoms with E-state index in [0.717, 1.165) is 18.7 Å². The van der Waals surface area contributed by atoms with Crippen molar-refractivity contribution < 1.29 is 4.74 Å². The topological polar surface area (TPSA) is 64.3 Å². The minimum absolute atomic E-state index is 0.412. The Balaban J connectivity index is 2.05. The number of nitrogens with two attached hydrogens (primary N) is 1. The van der Waals surface area contributed by atoms with E-state index in [2.05, 4.69) is 22.0 Å². The predicted molar refractivity (Wildman–Crippen MR) is 71.6 cm³/mol. The van der Waals surface area contributed by atoms with Crippen molar-refractivity contribution in [3.8, 4) is 5.88 Å². The van der Waals surface area contributed by atoms with E-state index in [4.69, 9.17) is 10.5 Å². The average Bonchev–Trinajstić information content (AvgIpc) is 2.39. The van der Waals surface area contributed by atoms with Crippen LogP contribution in [0.25, 0.3) is 0 Å². The highest BCUT2D eigenvalue weighted by Gasteiger charge is 2.22. The van der Waals surface area contributed by atoms with Gasteiger partial charge in [0, 0.05) is 12.5 Å². The fraction of sp³-hybridized carbons (Fsp3) is 0.692. The second-order valence-corrected chi connectivity index (χ2v) is 4.78. The molecule has 18 heavy (non-hydrogen) atoms. The molecular weight excluding hydrogens is 228 g/mol. The van der Waals surface area contributed by atoms with Crippen molar-refractivity contribution in [1.82, 2.24) is 15.1 Å². The largest absolute Gasteiger partial charge is 0.478 e. The van der Waals surface area contributed by atoms with Gasteiger partial charge in [-0.1, -0.05) is 13.3 Å². The first kappa shape index (κ1) is 13.1. The highest BCUT2D eigenvalue weighted by Crippen LogP contribution is 2.22. The van der Waals surface area contributed by atoms with E-state index in [0.29, 0.717) is 17.6 Å². The lowest BCUT2D eigenvalue weighted by Gasteiger charge is -2.34. The first-order valence-corrected chi connectivity index (χ1v) is 6.64. The lowest BCUT2D eigenvalue weighted by molar-refractivity contribution is 0.154. The van der Waals surface area contributed by atoms with Crippen LogP contribution in [0, 0.1) is 0 Å². The van der Waals surface area contributed by atoms with Crippen LogP contribution in [0.1, 0.15) is 31.9 Å². The van der Waals surface area contributed by atoms with Crippen molar-refractivity contribution in [3.63, 3.8) is 0 Å². The molecule has 0 saturated carbocycles. The van der Waals surface area contributed by atoms with E-state index >= 15 is 0 Å². The zero-order valence-corrected chi connectivity index (χ0v) is 11.2. The molecule has 1 unspecified atom stereocenters. The highest BCUT2D eigenvalue weighted by atomic mass is 16.5. The molecule has 2 N–H and O–H groups in total. The zero-order valence-electron chi connectivity index (χ0n) is 11.2. The third-order valence-corrected chi connectivity index (χ3v) is 3.63. The van der Waals surface area contributed by atoms with E-state index in [1.54, 1.807) is 7.11 Å². The van der Waals surface area contributed by atoms with Crippen LogP contribution in [-0.4, -0.2) is 41.3 Å². The number of hydrogen-bond donors (Lipinski definition) is 1. The Hall–Kier alpha value is -1.36. The Kier molecular flexibility index (Phi) is 4.36. The van der Waals surface area contributed by atoms with E-state index < -0.39 is 0 Å². The summed E-state index contributed by atoms with van der Waals surface area (Å²) >= 11 is 0. The van der Waals surface area contributed by atoms with Gasteiger partial charge in [-0.05, 0) is 32.0 Å². The number of likely N-dealkylation sites (tertiary alicyclic amines) is 1. The van der Waals surface area contributed by atoms with Gasteiger partial charge < -0.3 is 15.4 Å². The van der Waals surface area contributed by atoms with Crippen molar-refractivity contribution in [3.05, 3.63) is 11.8 Å².